The number of ether oxygens (including phenoxy) is 4. The Morgan fingerprint density at radius 3 is 2.00 bits per heavy atom. The van der Waals surface area contributed by atoms with Gasteiger partial charge in [-0.3, -0.25) is 4.98 Å². The molecule has 0 radical (unpaired) electrons. The van der Waals surface area contributed by atoms with Gasteiger partial charge in [0.1, 0.15) is 0 Å². The third-order valence-corrected chi connectivity index (χ3v) is 4.71. The van der Waals surface area contributed by atoms with E-state index in [0.717, 1.165) is 32.9 Å². The van der Waals surface area contributed by atoms with Crippen LogP contribution in [-0.4, -0.2) is 38.4 Å². The van der Waals surface area contributed by atoms with E-state index in [2.05, 4.69) is 9.97 Å². The lowest BCUT2D eigenvalue weighted by Crippen LogP contribution is -1.93. The molecule has 0 saturated carbocycles. The number of aromatic amines is 1. The fourth-order valence-corrected chi connectivity index (χ4v) is 3.36. The summed E-state index contributed by atoms with van der Waals surface area (Å²) >= 11 is 0. The number of hydrogen-bond donors (Lipinski definition) is 1. The minimum absolute atomic E-state index is 0.665. The summed E-state index contributed by atoms with van der Waals surface area (Å²) in [6.45, 7) is 0. The first kappa shape index (κ1) is 17.0. The van der Waals surface area contributed by atoms with E-state index in [1.807, 2.05) is 36.5 Å². The monoisotopic (exact) mass is 364 g/mol. The summed E-state index contributed by atoms with van der Waals surface area (Å²) in [6, 6.07) is 9.75. The third-order valence-electron chi connectivity index (χ3n) is 4.71. The van der Waals surface area contributed by atoms with E-state index in [4.69, 9.17) is 18.9 Å². The SMILES string of the molecule is COc1cc2ccnc(-c3c[nH]c4cc(OC)c(OC)cc34)c2cc1OC. The Bertz CT molecular complexity index is 1130. The summed E-state index contributed by atoms with van der Waals surface area (Å²) in [5, 5.41) is 3.00. The third kappa shape index (κ3) is 2.70. The first-order chi connectivity index (χ1) is 13.2. The van der Waals surface area contributed by atoms with Gasteiger partial charge in [0, 0.05) is 34.8 Å². The van der Waals surface area contributed by atoms with Crippen LogP contribution in [-0.2, 0) is 0 Å². The number of benzene rings is 2. The quantitative estimate of drug-likeness (QED) is 0.568. The second-order valence-electron chi connectivity index (χ2n) is 6.04. The van der Waals surface area contributed by atoms with Gasteiger partial charge in [-0.05, 0) is 29.7 Å². The summed E-state index contributed by atoms with van der Waals surface area (Å²) in [5.74, 6) is 2.70. The molecule has 6 heteroatoms. The van der Waals surface area contributed by atoms with Gasteiger partial charge in [0.05, 0.1) is 39.6 Å². The second-order valence-corrected chi connectivity index (χ2v) is 6.04. The van der Waals surface area contributed by atoms with E-state index in [-0.39, 0.29) is 0 Å². The lowest BCUT2D eigenvalue weighted by Gasteiger charge is -2.12. The van der Waals surface area contributed by atoms with Gasteiger partial charge < -0.3 is 23.9 Å². The minimum atomic E-state index is 0.665. The van der Waals surface area contributed by atoms with Crippen molar-refractivity contribution in [3.8, 4) is 34.3 Å². The topological polar surface area (TPSA) is 65.6 Å². The predicted octanol–water partition coefficient (Wildman–Crippen LogP) is 4.42. The molecule has 6 nitrogen and oxygen atoms in total. The molecule has 2 aromatic carbocycles. The van der Waals surface area contributed by atoms with E-state index in [1.165, 1.54) is 0 Å². The van der Waals surface area contributed by atoms with Crippen molar-refractivity contribution < 1.29 is 18.9 Å². The highest BCUT2D eigenvalue weighted by molar-refractivity contribution is 6.05. The predicted molar refractivity (Wildman–Crippen MR) is 105 cm³/mol. The normalized spacial score (nSPS) is 11.0. The molecule has 2 heterocycles. The van der Waals surface area contributed by atoms with Crippen LogP contribution in [0, 0.1) is 0 Å². The van der Waals surface area contributed by atoms with Crippen molar-refractivity contribution in [1.29, 1.82) is 0 Å². The van der Waals surface area contributed by atoms with Crippen molar-refractivity contribution in [1.82, 2.24) is 9.97 Å². The van der Waals surface area contributed by atoms with Crippen molar-refractivity contribution in [3.05, 3.63) is 42.7 Å². The van der Waals surface area contributed by atoms with Crippen LogP contribution in [0.25, 0.3) is 32.9 Å². The summed E-state index contributed by atoms with van der Waals surface area (Å²) in [5.41, 5.74) is 2.78. The van der Waals surface area contributed by atoms with Gasteiger partial charge in [0.25, 0.3) is 0 Å². The van der Waals surface area contributed by atoms with Gasteiger partial charge in [-0.25, -0.2) is 0 Å². The Morgan fingerprint density at radius 1 is 0.741 bits per heavy atom. The Balaban J connectivity index is 1.99. The maximum absolute atomic E-state index is 5.47. The Morgan fingerprint density at radius 2 is 1.33 bits per heavy atom. The van der Waals surface area contributed by atoms with Crippen LogP contribution in [0.15, 0.2) is 42.7 Å². The summed E-state index contributed by atoms with van der Waals surface area (Å²) in [6.07, 6.45) is 3.74. The average Bonchev–Trinajstić information content (AvgIpc) is 3.13. The standard InChI is InChI=1S/C21H20N2O4/c1-24-17-7-12-5-6-22-21(13(12)8-18(17)25-2)15-11-23-16-10-20(27-4)19(26-3)9-14(15)16/h5-11,23H,1-4H3. The molecule has 0 unspecified atom stereocenters. The van der Waals surface area contributed by atoms with Crippen molar-refractivity contribution in [2.45, 2.75) is 0 Å². The van der Waals surface area contributed by atoms with Crippen LogP contribution in [0.4, 0.5) is 0 Å². The molecule has 1 N–H and O–H groups in total. The van der Waals surface area contributed by atoms with Crippen LogP contribution in [0.1, 0.15) is 0 Å². The van der Waals surface area contributed by atoms with E-state index in [0.29, 0.717) is 23.0 Å². The number of nitrogens with one attached hydrogen (secondary N) is 1. The van der Waals surface area contributed by atoms with Gasteiger partial charge in [-0.1, -0.05) is 0 Å². The number of fused-ring (bicyclic) bond motifs is 2. The fourth-order valence-electron chi connectivity index (χ4n) is 3.36. The largest absolute Gasteiger partial charge is 0.493 e. The van der Waals surface area contributed by atoms with Crippen molar-refractivity contribution >= 4 is 21.7 Å². The Labute approximate surface area is 156 Å². The lowest BCUT2D eigenvalue weighted by molar-refractivity contribution is 0.356. The molecule has 0 bridgehead atoms. The van der Waals surface area contributed by atoms with Crippen LogP contribution in [0.2, 0.25) is 0 Å². The van der Waals surface area contributed by atoms with E-state index in [9.17, 15) is 0 Å². The molecule has 2 aromatic heterocycles. The number of pyridine rings is 1. The molecule has 27 heavy (non-hydrogen) atoms. The molecular formula is C21H20N2O4. The molecule has 0 aliphatic carbocycles. The molecule has 0 atom stereocenters. The summed E-state index contributed by atoms with van der Waals surface area (Å²) in [7, 11) is 6.51. The number of aromatic nitrogens is 2. The first-order valence-electron chi connectivity index (χ1n) is 8.44. The molecule has 4 rings (SSSR count). The zero-order valence-electron chi connectivity index (χ0n) is 15.6. The Hall–Kier alpha value is -3.41. The number of hydrogen-bond acceptors (Lipinski definition) is 5. The number of H-pyrrole nitrogens is 1. The van der Waals surface area contributed by atoms with E-state index >= 15 is 0 Å². The number of nitrogens with zero attached hydrogens (tertiary/aromatic N) is 1. The molecule has 0 fully saturated rings. The molecule has 0 aliphatic heterocycles. The van der Waals surface area contributed by atoms with Crippen molar-refractivity contribution in [2.75, 3.05) is 28.4 Å². The van der Waals surface area contributed by atoms with Crippen molar-refractivity contribution in [2.24, 2.45) is 0 Å². The smallest absolute Gasteiger partial charge is 0.162 e. The molecule has 0 aliphatic rings. The number of rotatable bonds is 5. The van der Waals surface area contributed by atoms with Crippen molar-refractivity contribution in [3.63, 3.8) is 0 Å². The van der Waals surface area contributed by atoms with Crippen LogP contribution in [0.5, 0.6) is 23.0 Å². The van der Waals surface area contributed by atoms with Gasteiger partial charge in [-0.2, -0.15) is 0 Å². The van der Waals surface area contributed by atoms with Crippen LogP contribution < -0.4 is 18.9 Å². The highest BCUT2D eigenvalue weighted by atomic mass is 16.5. The molecule has 138 valence electrons. The van der Waals surface area contributed by atoms with E-state index < -0.39 is 0 Å². The van der Waals surface area contributed by atoms with Gasteiger partial charge in [0.2, 0.25) is 0 Å². The molecule has 0 amide bonds. The maximum atomic E-state index is 5.47. The highest BCUT2D eigenvalue weighted by Gasteiger charge is 2.16. The van der Waals surface area contributed by atoms with E-state index in [1.54, 1.807) is 34.6 Å². The lowest BCUT2D eigenvalue weighted by atomic mass is 10.0. The van der Waals surface area contributed by atoms with Gasteiger partial charge in [0.15, 0.2) is 23.0 Å². The minimum Gasteiger partial charge on any atom is -0.493 e. The zero-order valence-corrected chi connectivity index (χ0v) is 15.6. The average molecular weight is 364 g/mol. The number of methoxy groups -OCH3 is 4. The van der Waals surface area contributed by atoms with Gasteiger partial charge >= 0.3 is 0 Å². The van der Waals surface area contributed by atoms with Gasteiger partial charge in [-0.15, -0.1) is 0 Å². The summed E-state index contributed by atoms with van der Waals surface area (Å²) in [4.78, 5) is 7.94. The Kier molecular flexibility index (Phi) is 4.24. The molecule has 4 aromatic rings. The highest BCUT2D eigenvalue weighted by Crippen LogP contribution is 2.40. The zero-order chi connectivity index (χ0) is 19.0. The second kappa shape index (κ2) is 6.72. The first-order valence-corrected chi connectivity index (χ1v) is 8.44. The van der Waals surface area contributed by atoms with Crippen LogP contribution >= 0.6 is 0 Å². The summed E-state index contributed by atoms with van der Waals surface area (Å²) < 4.78 is 21.8. The van der Waals surface area contributed by atoms with Crippen LogP contribution in [0.3, 0.4) is 0 Å². The maximum Gasteiger partial charge on any atom is 0.162 e. The fraction of sp³-hybridized carbons (Fsp3) is 0.190. The molecular weight excluding hydrogens is 344 g/mol. The molecule has 0 saturated heterocycles. The molecule has 0 spiro atoms.